The molecule has 35 heavy (non-hydrogen) atoms. The van der Waals surface area contributed by atoms with Gasteiger partial charge in [-0.3, -0.25) is 4.55 Å². The molecule has 0 bridgehead atoms. The first-order valence-corrected chi connectivity index (χ1v) is 13.1. The van der Waals surface area contributed by atoms with Crippen molar-refractivity contribution in [3.05, 3.63) is 60.3 Å². The summed E-state index contributed by atoms with van der Waals surface area (Å²) < 4.78 is 63.6. The number of azo groups is 1. The zero-order valence-corrected chi connectivity index (χ0v) is 19.5. The Morgan fingerprint density at radius 2 is 1.86 bits per heavy atom. The van der Waals surface area contributed by atoms with E-state index in [1.165, 1.54) is 6.07 Å². The second kappa shape index (κ2) is 8.05. The molecule has 16 heteroatoms. The Labute approximate surface area is 201 Å². The van der Waals surface area contributed by atoms with Gasteiger partial charge >= 0.3 is 5.97 Å². The standard InChI is InChI=1S/C19H12N6O7S3/c26-19(27)12-9-20-33-18(12)23-22-16-15(10-4-2-1-3-5-10)24-25-17(16)21-13-7-6-11(35(30,31)32)8-14(13)34(25,28)29/h1-9,21H,(H,26,27)(H,30,31,32)/b23-22+. The van der Waals surface area contributed by atoms with Crippen LogP contribution in [0.5, 0.6) is 0 Å². The van der Waals surface area contributed by atoms with Gasteiger partial charge in [-0.25, -0.2) is 4.79 Å². The molecule has 0 unspecified atom stereocenters. The van der Waals surface area contributed by atoms with Gasteiger partial charge in [-0.05, 0) is 29.7 Å². The molecule has 3 N–H and O–H groups in total. The highest BCUT2D eigenvalue weighted by molar-refractivity contribution is 7.90. The maximum absolute atomic E-state index is 13.4. The average molecular weight is 533 g/mol. The van der Waals surface area contributed by atoms with Crippen molar-refractivity contribution < 1.29 is 31.3 Å². The highest BCUT2D eigenvalue weighted by Crippen LogP contribution is 2.45. The first-order chi connectivity index (χ1) is 16.6. The van der Waals surface area contributed by atoms with Gasteiger partial charge < -0.3 is 10.4 Å². The Morgan fingerprint density at radius 3 is 2.54 bits per heavy atom. The average Bonchev–Trinajstić information content (AvgIpc) is 3.43. The first-order valence-electron chi connectivity index (χ1n) is 9.49. The van der Waals surface area contributed by atoms with E-state index in [0.29, 0.717) is 9.65 Å². The van der Waals surface area contributed by atoms with Crippen LogP contribution >= 0.6 is 11.5 Å². The fraction of sp³-hybridized carbons (Fsp3) is 0. The molecule has 2 aromatic carbocycles. The van der Waals surface area contributed by atoms with Gasteiger partial charge in [0.1, 0.15) is 16.2 Å². The third kappa shape index (κ3) is 3.87. The number of carboxylic acids is 1. The number of carbonyl (C=O) groups is 1. The van der Waals surface area contributed by atoms with Gasteiger partial charge in [0.2, 0.25) is 0 Å². The number of nitrogens with one attached hydrogen (secondary N) is 1. The van der Waals surface area contributed by atoms with Crippen LogP contribution in [-0.2, 0) is 20.1 Å². The fourth-order valence-corrected chi connectivity index (χ4v) is 5.88. The summed E-state index contributed by atoms with van der Waals surface area (Å²) in [6, 6.07) is 11.5. The molecule has 4 aromatic rings. The van der Waals surface area contributed by atoms with Crippen molar-refractivity contribution in [2.45, 2.75) is 9.79 Å². The number of benzene rings is 2. The Balaban J connectivity index is 1.72. The van der Waals surface area contributed by atoms with Gasteiger partial charge in [0, 0.05) is 5.56 Å². The summed E-state index contributed by atoms with van der Waals surface area (Å²) in [7, 11) is -9.09. The summed E-state index contributed by atoms with van der Waals surface area (Å²) in [5.41, 5.74) is 0.444. The Morgan fingerprint density at radius 1 is 1.11 bits per heavy atom. The molecule has 0 aliphatic carbocycles. The molecule has 5 rings (SSSR count). The third-order valence-corrected chi connectivity index (χ3v) is 8.06. The molecule has 0 saturated carbocycles. The van der Waals surface area contributed by atoms with E-state index in [1.54, 1.807) is 30.3 Å². The zero-order chi connectivity index (χ0) is 25.0. The molecule has 0 radical (unpaired) electrons. The van der Waals surface area contributed by atoms with Crippen molar-refractivity contribution in [2.24, 2.45) is 10.2 Å². The minimum absolute atomic E-state index is 0.00554. The number of carboxylic acid groups (broad SMARTS) is 1. The lowest BCUT2D eigenvalue weighted by atomic mass is 10.1. The highest BCUT2D eigenvalue weighted by Gasteiger charge is 2.35. The van der Waals surface area contributed by atoms with Crippen molar-refractivity contribution in [3.8, 4) is 11.3 Å². The Hall–Kier alpha value is -3.99. The molecule has 178 valence electrons. The monoisotopic (exact) mass is 532 g/mol. The first kappa shape index (κ1) is 22.8. The molecule has 0 saturated heterocycles. The topological polar surface area (TPSA) is 193 Å². The van der Waals surface area contributed by atoms with Crippen molar-refractivity contribution in [1.29, 1.82) is 0 Å². The fourth-order valence-electron chi connectivity index (χ4n) is 3.31. The maximum atomic E-state index is 13.4. The number of aromatic nitrogens is 3. The van der Waals surface area contributed by atoms with E-state index < -0.39 is 35.9 Å². The zero-order valence-electron chi connectivity index (χ0n) is 17.1. The second-order valence-electron chi connectivity index (χ2n) is 7.07. The van der Waals surface area contributed by atoms with Crippen molar-refractivity contribution >= 4 is 59.8 Å². The molecule has 0 amide bonds. The van der Waals surface area contributed by atoms with Gasteiger partial charge in [-0.15, -0.1) is 14.3 Å². The van der Waals surface area contributed by atoms with E-state index in [4.69, 9.17) is 0 Å². The van der Waals surface area contributed by atoms with Gasteiger partial charge in [0.15, 0.2) is 16.5 Å². The molecule has 3 heterocycles. The van der Waals surface area contributed by atoms with E-state index in [0.717, 1.165) is 29.9 Å². The number of aromatic carboxylic acids is 1. The summed E-state index contributed by atoms with van der Waals surface area (Å²) in [4.78, 5) is 10.3. The van der Waals surface area contributed by atoms with Crippen LogP contribution in [0, 0.1) is 0 Å². The lowest BCUT2D eigenvalue weighted by Crippen LogP contribution is -2.23. The number of hydrogen-bond acceptors (Lipinski definition) is 11. The quantitative estimate of drug-likeness (QED) is 0.222. The van der Waals surface area contributed by atoms with Gasteiger partial charge in [-0.1, -0.05) is 30.3 Å². The molecule has 2 aromatic heterocycles. The normalized spacial score (nSPS) is 14.3. The van der Waals surface area contributed by atoms with Gasteiger partial charge in [-0.2, -0.15) is 26.3 Å². The van der Waals surface area contributed by atoms with Gasteiger partial charge in [0.25, 0.3) is 20.1 Å². The number of anilines is 2. The molecular formula is C19H12N6O7S3. The lowest BCUT2D eigenvalue weighted by Gasteiger charge is -2.20. The molecule has 1 aliphatic rings. The van der Waals surface area contributed by atoms with Crippen LogP contribution in [0.15, 0.2) is 74.7 Å². The van der Waals surface area contributed by atoms with E-state index >= 15 is 0 Å². The molecule has 0 spiro atoms. The van der Waals surface area contributed by atoms with E-state index in [2.05, 4.69) is 25.0 Å². The van der Waals surface area contributed by atoms with Crippen LogP contribution in [-0.4, -0.2) is 46.0 Å². The Bertz CT molecular complexity index is 1740. The molecule has 13 nitrogen and oxygen atoms in total. The minimum atomic E-state index is -4.66. The number of rotatable bonds is 5. The summed E-state index contributed by atoms with van der Waals surface area (Å²) in [6.45, 7) is 0. The van der Waals surface area contributed by atoms with Gasteiger partial charge in [0.05, 0.1) is 16.8 Å². The second-order valence-corrected chi connectivity index (χ2v) is 11.0. The van der Waals surface area contributed by atoms with Crippen LogP contribution in [0.4, 0.5) is 22.2 Å². The lowest BCUT2D eigenvalue weighted by molar-refractivity contribution is 0.0698. The van der Waals surface area contributed by atoms with Crippen molar-refractivity contribution in [3.63, 3.8) is 0 Å². The van der Waals surface area contributed by atoms with Crippen LogP contribution in [0.3, 0.4) is 0 Å². The molecular weight excluding hydrogens is 520 g/mol. The number of nitrogens with zero attached hydrogens (tertiary/aromatic N) is 5. The highest BCUT2D eigenvalue weighted by atomic mass is 32.2. The summed E-state index contributed by atoms with van der Waals surface area (Å²) in [6.07, 6.45) is 1.12. The van der Waals surface area contributed by atoms with Crippen LogP contribution in [0.1, 0.15) is 10.4 Å². The predicted molar refractivity (Wildman–Crippen MR) is 123 cm³/mol. The number of fused-ring (bicyclic) bond motifs is 2. The number of hydrogen-bond donors (Lipinski definition) is 3. The van der Waals surface area contributed by atoms with Crippen LogP contribution < -0.4 is 5.32 Å². The van der Waals surface area contributed by atoms with Crippen LogP contribution in [0.25, 0.3) is 11.3 Å². The van der Waals surface area contributed by atoms with E-state index in [-0.39, 0.29) is 33.5 Å². The summed E-state index contributed by atoms with van der Waals surface area (Å²) in [5.74, 6) is -1.35. The van der Waals surface area contributed by atoms with E-state index in [9.17, 15) is 31.3 Å². The summed E-state index contributed by atoms with van der Waals surface area (Å²) >= 11 is 0.793. The van der Waals surface area contributed by atoms with E-state index in [1.807, 2.05) is 0 Å². The van der Waals surface area contributed by atoms with Crippen molar-refractivity contribution in [1.82, 2.24) is 13.6 Å². The van der Waals surface area contributed by atoms with Crippen molar-refractivity contribution in [2.75, 3.05) is 5.32 Å². The SMILES string of the molecule is O=C(O)c1cnsc1/N=N/c1c(-c2ccccc2)nn2c1Nc1ccc(S(=O)(=O)O)cc1S2(=O)=O. The predicted octanol–water partition coefficient (Wildman–Crippen LogP) is 3.66. The molecule has 0 atom stereocenters. The maximum Gasteiger partial charge on any atom is 0.340 e. The largest absolute Gasteiger partial charge is 0.478 e. The molecule has 1 aliphatic heterocycles. The third-order valence-electron chi connectivity index (χ3n) is 4.91. The smallest absolute Gasteiger partial charge is 0.340 e. The Kier molecular flexibility index (Phi) is 5.24. The summed E-state index contributed by atoms with van der Waals surface area (Å²) in [5, 5.41) is 24.4. The minimum Gasteiger partial charge on any atom is -0.478 e. The molecule has 0 fully saturated rings. The van der Waals surface area contributed by atoms with Crippen LogP contribution in [0.2, 0.25) is 0 Å².